The Labute approximate surface area is 118 Å². The average Bonchev–Trinajstić information content (AvgIpc) is 2.26. The third-order valence-electron chi connectivity index (χ3n) is 2.61. The van der Waals surface area contributed by atoms with Crippen LogP contribution in [0.4, 0.5) is 13.2 Å². The summed E-state index contributed by atoms with van der Waals surface area (Å²) in [6.07, 6.45) is -4.30. The fourth-order valence-corrected chi connectivity index (χ4v) is 1.99. The Bertz CT molecular complexity index is 446. The number of nitrogens with zero attached hydrogens (tertiary/aromatic N) is 1. The van der Waals surface area contributed by atoms with Crippen LogP contribution in [0.5, 0.6) is 0 Å². The molecule has 0 aliphatic carbocycles. The van der Waals surface area contributed by atoms with Gasteiger partial charge >= 0.3 is 6.18 Å². The highest BCUT2D eigenvalue weighted by molar-refractivity contribution is 9.10. The van der Waals surface area contributed by atoms with E-state index in [1.165, 1.54) is 0 Å². The molecule has 0 saturated heterocycles. The van der Waals surface area contributed by atoms with Gasteiger partial charge in [0, 0.05) is 16.1 Å². The molecule has 0 spiro atoms. The van der Waals surface area contributed by atoms with E-state index in [9.17, 15) is 18.0 Å². The number of hydrogen-bond donors (Lipinski definition) is 0. The summed E-state index contributed by atoms with van der Waals surface area (Å²) in [6.45, 7) is 1.96. The second kappa shape index (κ2) is 6.52. The van der Waals surface area contributed by atoms with Gasteiger partial charge in [0.1, 0.15) is 0 Å². The third-order valence-corrected chi connectivity index (χ3v) is 3.10. The first-order chi connectivity index (χ1) is 8.69. The molecular formula is C13H15BrF3NO. The molecule has 0 radical (unpaired) electrons. The first-order valence-electron chi connectivity index (χ1n) is 5.78. The standard InChI is InChI=1S/C13H15BrF3NO/c1-9(2)18(8-13(15,16)17)7-12(19)10-4-3-5-11(14)6-10/h3-6,9H,7-8H2,1-2H3. The number of ketones is 1. The number of carbonyl (C=O) groups is 1. The van der Waals surface area contributed by atoms with Gasteiger partial charge in [-0.15, -0.1) is 0 Å². The summed E-state index contributed by atoms with van der Waals surface area (Å²) in [7, 11) is 0. The highest BCUT2D eigenvalue weighted by atomic mass is 79.9. The fraction of sp³-hybridized carbons (Fsp3) is 0.462. The number of alkyl halides is 3. The number of benzene rings is 1. The average molecular weight is 338 g/mol. The lowest BCUT2D eigenvalue weighted by atomic mass is 10.1. The van der Waals surface area contributed by atoms with Crippen LogP contribution in [-0.2, 0) is 0 Å². The summed E-state index contributed by atoms with van der Waals surface area (Å²) in [5.41, 5.74) is 0.405. The minimum atomic E-state index is -4.30. The number of carbonyl (C=O) groups excluding carboxylic acids is 1. The van der Waals surface area contributed by atoms with Crippen molar-refractivity contribution in [1.29, 1.82) is 0 Å². The quantitative estimate of drug-likeness (QED) is 0.759. The van der Waals surface area contributed by atoms with Crippen molar-refractivity contribution >= 4 is 21.7 Å². The smallest absolute Gasteiger partial charge is 0.293 e. The predicted molar refractivity (Wildman–Crippen MR) is 71.2 cm³/mol. The van der Waals surface area contributed by atoms with Gasteiger partial charge in [0.2, 0.25) is 0 Å². The molecule has 1 rings (SSSR count). The minimum absolute atomic E-state index is 0.242. The van der Waals surface area contributed by atoms with Crippen LogP contribution in [0.1, 0.15) is 24.2 Å². The van der Waals surface area contributed by atoms with Crippen LogP contribution in [0.3, 0.4) is 0 Å². The van der Waals surface area contributed by atoms with Crippen molar-refractivity contribution in [3.8, 4) is 0 Å². The Hall–Kier alpha value is -0.880. The van der Waals surface area contributed by atoms with E-state index < -0.39 is 12.7 Å². The molecule has 0 N–H and O–H groups in total. The van der Waals surface area contributed by atoms with Gasteiger partial charge in [0.25, 0.3) is 0 Å². The zero-order valence-corrected chi connectivity index (χ0v) is 12.3. The molecule has 0 aliphatic heterocycles. The van der Waals surface area contributed by atoms with Crippen LogP contribution >= 0.6 is 15.9 Å². The van der Waals surface area contributed by atoms with E-state index in [4.69, 9.17) is 0 Å². The summed E-state index contributed by atoms with van der Waals surface area (Å²) in [5.74, 6) is -0.320. The lowest BCUT2D eigenvalue weighted by Crippen LogP contribution is -2.42. The van der Waals surface area contributed by atoms with Gasteiger partial charge in [-0.3, -0.25) is 9.69 Å². The third kappa shape index (κ3) is 5.74. The molecule has 19 heavy (non-hydrogen) atoms. The number of hydrogen-bond acceptors (Lipinski definition) is 2. The highest BCUT2D eigenvalue weighted by Crippen LogP contribution is 2.19. The van der Waals surface area contributed by atoms with Gasteiger partial charge in [0.15, 0.2) is 5.78 Å². The summed E-state index contributed by atoms with van der Waals surface area (Å²) in [6, 6.07) is 6.29. The molecule has 0 aromatic heterocycles. The van der Waals surface area contributed by atoms with E-state index in [2.05, 4.69) is 15.9 Å². The molecule has 0 saturated carbocycles. The van der Waals surface area contributed by atoms with Gasteiger partial charge in [-0.25, -0.2) is 0 Å². The zero-order chi connectivity index (χ0) is 14.6. The predicted octanol–water partition coefficient (Wildman–Crippen LogP) is 3.90. The van der Waals surface area contributed by atoms with E-state index in [0.29, 0.717) is 5.56 Å². The summed E-state index contributed by atoms with van der Waals surface area (Å²) >= 11 is 3.23. The van der Waals surface area contributed by atoms with Crippen molar-refractivity contribution in [3.05, 3.63) is 34.3 Å². The van der Waals surface area contributed by atoms with Crippen LogP contribution in [0.15, 0.2) is 28.7 Å². The fourth-order valence-electron chi connectivity index (χ4n) is 1.59. The molecule has 0 unspecified atom stereocenters. The molecule has 0 heterocycles. The second-order valence-corrected chi connectivity index (χ2v) is 5.46. The first-order valence-corrected chi connectivity index (χ1v) is 6.58. The first kappa shape index (κ1) is 16.2. The van der Waals surface area contributed by atoms with Crippen LogP contribution in [0.2, 0.25) is 0 Å². The van der Waals surface area contributed by atoms with E-state index in [1.807, 2.05) is 0 Å². The molecule has 106 valence electrons. The molecule has 0 aliphatic rings. The van der Waals surface area contributed by atoms with Crippen molar-refractivity contribution in [3.63, 3.8) is 0 Å². The van der Waals surface area contributed by atoms with Crippen molar-refractivity contribution in [2.45, 2.75) is 26.1 Å². The van der Waals surface area contributed by atoms with Gasteiger partial charge < -0.3 is 0 Å². The number of Topliss-reactive ketones (excluding diaryl/α,β-unsaturated/α-hetero) is 1. The van der Waals surface area contributed by atoms with Crippen molar-refractivity contribution in [2.24, 2.45) is 0 Å². The Morgan fingerprint density at radius 1 is 1.37 bits per heavy atom. The number of halogens is 4. The molecule has 2 nitrogen and oxygen atoms in total. The molecule has 6 heteroatoms. The van der Waals surface area contributed by atoms with E-state index in [0.717, 1.165) is 9.37 Å². The van der Waals surface area contributed by atoms with Crippen LogP contribution in [0, 0.1) is 0 Å². The summed E-state index contributed by atoms with van der Waals surface area (Å²) in [4.78, 5) is 13.1. The zero-order valence-electron chi connectivity index (χ0n) is 10.7. The van der Waals surface area contributed by atoms with Crippen molar-refractivity contribution < 1.29 is 18.0 Å². The molecular weight excluding hydrogens is 323 g/mol. The Balaban J connectivity index is 2.77. The van der Waals surface area contributed by atoms with Crippen molar-refractivity contribution in [1.82, 2.24) is 4.90 Å². The summed E-state index contributed by atoms with van der Waals surface area (Å²) < 4.78 is 38.0. The maximum Gasteiger partial charge on any atom is 0.401 e. The molecule has 0 amide bonds. The Kier molecular flexibility index (Phi) is 5.55. The number of rotatable bonds is 5. The molecule has 1 aromatic rings. The largest absolute Gasteiger partial charge is 0.401 e. The second-order valence-electron chi connectivity index (χ2n) is 4.55. The van der Waals surface area contributed by atoms with E-state index >= 15 is 0 Å². The Morgan fingerprint density at radius 2 is 2.00 bits per heavy atom. The van der Waals surface area contributed by atoms with Crippen molar-refractivity contribution in [2.75, 3.05) is 13.1 Å². The van der Waals surface area contributed by atoms with Crippen LogP contribution < -0.4 is 0 Å². The minimum Gasteiger partial charge on any atom is -0.293 e. The van der Waals surface area contributed by atoms with Gasteiger partial charge in [-0.05, 0) is 26.0 Å². The normalized spacial score (nSPS) is 12.2. The van der Waals surface area contributed by atoms with Gasteiger partial charge in [-0.1, -0.05) is 28.1 Å². The molecule has 0 bridgehead atoms. The van der Waals surface area contributed by atoms with Crippen LogP contribution in [0.25, 0.3) is 0 Å². The molecule has 0 atom stereocenters. The monoisotopic (exact) mass is 337 g/mol. The lowest BCUT2D eigenvalue weighted by molar-refractivity contribution is -0.148. The van der Waals surface area contributed by atoms with Gasteiger partial charge in [-0.2, -0.15) is 13.2 Å². The topological polar surface area (TPSA) is 20.3 Å². The Morgan fingerprint density at radius 3 is 2.47 bits per heavy atom. The maximum absolute atomic E-state index is 12.4. The SMILES string of the molecule is CC(C)N(CC(=O)c1cccc(Br)c1)CC(F)(F)F. The maximum atomic E-state index is 12.4. The van der Waals surface area contributed by atoms with Gasteiger partial charge in [0.05, 0.1) is 13.1 Å². The summed E-state index contributed by atoms with van der Waals surface area (Å²) in [5, 5.41) is 0. The lowest BCUT2D eigenvalue weighted by Gasteiger charge is -2.26. The van der Waals surface area contributed by atoms with Crippen LogP contribution in [-0.4, -0.2) is 36.0 Å². The molecule has 1 aromatic carbocycles. The highest BCUT2D eigenvalue weighted by Gasteiger charge is 2.32. The van der Waals surface area contributed by atoms with E-state index in [1.54, 1.807) is 38.1 Å². The molecule has 0 fully saturated rings. The van der Waals surface area contributed by atoms with E-state index in [-0.39, 0.29) is 18.4 Å².